The Morgan fingerprint density at radius 1 is 1.16 bits per heavy atom. The van der Waals surface area contributed by atoms with E-state index in [4.69, 9.17) is 0 Å². The van der Waals surface area contributed by atoms with Crippen molar-refractivity contribution in [2.24, 2.45) is 5.92 Å². The average molecular weight is 361 g/mol. The molecular weight excluding hydrogens is 324 g/mol. The average Bonchev–Trinajstić information content (AvgIpc) is 2.59. The van der Waals surface area contributed by atoms with Gasteiger partial charge in [-0.3, -0.25) is 4.79 Å². The van der Waals surface area contributed by atoms with Gasteiger partial charge in [-0.1, -0.05) is 73.7 Å². The Bertz CT molecular complexity index is 563. The zero-order valence-electron chi connectivity index (χ0n) is 17.1. The number of rotatable bonds is 9. The monoisotopic (exact) mass is 360 g/mol. The summed E-state index contributed by atoms with van der Waals surface area (Å²) in [6.45, 7) is 17.5. The maximum atomic E-state index is 12.8. The first-order valence-corrected chi connectivity index (χ1v) is 12.5. The summed E-state index contributed by atoms with van der Waals surface area (Å²) in [5, 5.41) is 6.44. The highest BCUT2D eigenvalue weighted by Gasteiger charge is 2.30. The number of hydrogen-bond donors (Lipinski definition) is 1. The molecule has 0 fully saturated rings. The van der Waals surface area contributed by atoms with Gasteiger partial charge in [0, 0.05) is 19.6 Å². The van der Waals surface area contributed by atoms with Gasteiger partial charge in [0.1, 0.15) is 8.07 Å². The molecule has 1 aromatic carbocycles. The van der Waals surface area contributed by atoms with Crippen molar-refractivity contribution in [3.63, 3.8) is 0 Å². The van der Waals surface area contributed by atoms with Crippen molar-refractivity contribution in [3.05, 3.63) is 41.6 Å². The second-order valence-electron chi connectivity index (χ2n) is 7.42. The molecule has 0 saturated heterocycles. The van der Waals surface area contributed by atoms with Gasteiger partial charge in [0.2, 0.25) is 5.91 Å². The van der Waals surface area contributed by atoms with Crippen molar-refractivity contribution in [2.75, 3.05) is 19.6 Å². The van der Waals surface area contributed by atoms with Crippen LogP contribution in [0.3, 0.4) is 0 Å². The number of allylic oxidation sites excluding steroid dienone is 1. The summed E-state index contributed by atoms with van der Waals surface area (Å²) in [4.78, 5) is 14.7. The quantitative estimate of drug-likeness (QED) is 0.683. The molecule has 3 nitrogen and oxygen atoms in total. The molecule has 25 heavy (non-hydrogen) atoms. The number of nitrogens with one attached hydrogen (secondary N) is 1. The van der Waals surface area contributed by atoms with Crippen LogP contribution in [0.25, 0.3) is 0 Å². The minimum Gasteiger partial charge on any atom is -0.342 e. The molecular formula is C21H36N2OSi. The molecule has 0 aliphatic carbocycles. The molecule has 0 aliphatic rings. The van der Waals surface area contributed by atoms with E-state index in [0.717, 1.165) is 19.6 Å². The van der Waals surface area contributed by atoms with Crippen LogP contribution < -0.4 is 10.5 Å². The zero-order chi connectivity index (χ0) is 19.0. The lowest BCUT2D eigenvalue weighted by Crippen LogP contribution is -2.52. The predicted octanol–water partition coefficient (Wildman–Crippen LogP) is 3.57. The first-order chi connectivity index (χ1) is 11.8. The lowest BCUT2D eigenvalue weighted by atomic mass is 10.0. The number of benzene rings is 1. The Morgan fingerprint density at radius 2 is 1.72 bits per heavy atom. The lowest BCUT2D eigenvalue weighted by molar-refractivity contribution is -0.134. The first-order valence-electron chi connectivity index (χ1n) is 9.52. The van der Waals surface area contributed by atoms with Crippen LogP contribution in [-0.2, 0) is 4.79 Å². The van der Waals surface area contributed by atoms with Gasteiger partial charge in [-0.05, 0) is 26.7 Å². The number of amides is 1. The van der Waals surface area contributed by atoms with Gasteiger partial charge in [0.25, 0.3) is 0 Å². The van der Waals surface area contributed by atoms with Gasteiger partial charge in [-0.15, -0.1) is 0 Å². The second kappa shape index (κ2) is 9.93. The molecule has 1 amide bonds. The van der Waals surface area contributed by atoms with Gasteiger partial charge in [0.05, 0.1) is 6.04 Å². The first kappa shape index (κ1) is 21.6. The molecule has 1 aromatic rings. The van der Waals surface area contributed by atoms with Crippen molar-refractivity contribution in [1.29, 1.82) is 0 Å². The number of likely N-dealkylation sites (N-methyl/N-ethyl adjacent to an activating group) is 1. The molecule has 0 aliphatic heterocycles. The third-order valence-electron chi connectivity index (χ3n) is 5.17. The topological polar surface area (TPSA) is 32.3 Å². The fourth-order valence-electron chi connectivity index (χ4n) is 3.28. The van der Waals surface area contributed by atoms with E-state index in [-0.39, 0.29) is 17.9 Å². The third-order valence-corrected chi connectivity index (χ3v) is 9.01. The summed E-state index contributed by atoms with van der Waals surface area (Å²) in [6, 6.07) is 10.6. The van der Waals surface area contributed by atoms with E-state index in [9.17, 15) is 4.79 Å². The maximum Gasteiger partial charge on any atom is 0.239 e. The summed E-state index contributed by atoms with van der Waals surface area (Å²) in [5.74, 6) is 0.488. The van der Waals surface area contributed by atoms with Crippen LogP contribution in [-0.4, -0.2) is 44.6 Å². The highest BCUT2D eigenvalue weighted by molar-refractivity contribution is 6.95. The summed E-state index contributed by atoms with van der Waals surface area (Å²) in [5.41, 5.74) is 0. The minimum atomic E-state index is -1.72. The fourth-order valence-corrected chi connectivity index (χ4v) is 5.95. The molecule has 140 valence electrons. The van der Waals surface area contributed by atoms with E-state index >= 15 is 0 Å². The number of carbonyl (C=O) groups excluding carboxylic acids is 1. The molecule has 1 N–H and O–H groups in total. The minimum absolute atomic E-state index is 0.129. The van der Waals surface area contributed by atoms with Crippen molar-refractivity contribution >= 4 is 19.2 Å². The third kappa shape index (κ3) is 5.55. The van der Waals surface area contributed by atoms with Gasteiger partial charge in [0.15, 0.2) is 0 Å². The smallest absolute Gasteiger partial charge is 0.239 e. The number of carbonyl (C=O) groups is 1. The molecule has 1 atom stereocenters. The van der Waals surface area contributed by atoms with Crippen LogP contribution in [0.1, 0.15) is 34.6 Å². The molecule has 0 radical (unpaired) electrons. The molecule has 0 heterocycles. The van der Waals surface area contributed by atoms with Gasteiger partial charge < -0.3 is 10.2 Å². The van der Waals surface area contributed by atoms with Crippen LogP contribution in [0.4, 0.5) is 0 Å². The van der Waals surface area contributed by atoms with Crippen molar-refractivity contribution < 1.29 is 4.79 Å². The zero-order valence-corrected chi connectivity index (χ0v) is 18.1. The summed E-state index contributed by atoms with van der Waals surface area (Å²) in [7, 11) is -1.72. The Balaban J connectivity index is 2.92. The highest BCUT2D eigenvalue weighted by Crippen LogP contribution is 2.16. The van der Waals surface area contributed by atoms with E-state index in [1.165, 1.54) is 10.4 Å². The van der Waals surface area contributed by atoms with E-state index in [2.05, 4.69) is 75.6 Å². The summed E-state index contributed by atoms with van der Waals surface area (Å²) in [6.07, 6.45) is 2.24. The van der Waals surface area contributed by atoms with Crippen molar-refractivity contribution in [2.45, 2.75) is 53.8 Å². The molecule has 1 unspecified atom stereocenters. The Morgan fingerprint density at radius 3 is 2.16 bits per heavy atom. The molecule has 4 heteroatoms. The van der Waals surface area contributed by atoms with Gasteiger partial charge in [-0.25, -0.2) is 0 Å². The normalized spacial score (nSPS) is 13.8. The van der Waals surface area contributed by atoms with Crippen LogP contribution in [0.5, 0.6) is 0 Å². The largest absolute Gasteiger partial charge is 0.342 e. The Hall–Kier alpha value is -1.39. The number of hydrogen-bond acceptors (Lipinski definition) is 2. The fraction of sp³-hybridized carbons (Fsp3) is 0.571. The Labute approximate surface area is 155 Å². The van der Waals surface area contributed by atoms with Crippen molar-refractivity contribution in [1.82, 2.24) is 10.2 Å². The maximum absolute atomic E-state index is 12.8. The van der Waals surface area contributed by atoms with Gasteiger partial charge >= 0.3 is 0 Å². The van der Waals surface area contributed by atoms with E-state index in [1.807, 2.05) is 18.7 Å². The standard InChI is InChI=1S/C21H36N2OSi/c1-8-18(25(6,7)19-14-12-11-13-15-19)16-22-20(17(4)5)21(24)23(9-2)10-3/h8,11-15,17,20,22H,9-10,16H2,1-7H3/b18-8-. The van der Waals surface area contributed by atoms with Crippen LogP contribution in [0.15, 0.2) is 41.6 Å². The van der Waals surface area contributed by atoms with E-state index < -0.39 is 8.07 Å². The molecule has 0 spiro atoms. The van der Waals surface area contributed by atoms with Crippen LogP contribution in [0.2, 0.25) is 13.1 Å². The van der Waals surface area contributed by atoms with E-state index in [0.29, 0.717) is 0 Å². The van der Waals surface area contributed by atoms with E-state index in [1.54, 1.807) is 0 Å². The molecule has 0 bridgehead atoms. The SMILES string of the molecule is C/C=C(/CNC(C(=O)N(CC)CC)C(C)C)[Si](C)(C)c1ccccc1. The van der Waals surface area contributed by atoms with Crippen LogP contribution in [0, 0.1) is 5.92 Å². The molecule has 0 saturated carbocycles. The van der Waals surface area contributed by atoms with Gasteiger partial charge in [-0.2, -0.15) is 0 Å². The molecule has 0 aromatic heterocycles. The highest BCUT2D eigenvalue weighted by atomic mass is 28.3. The second-order valence-corrected chi connectivity index (χ2v) is 11.9. The Kier molecular flexibility index (Phi) is 8.60. The van der Waals surface area contributed by atoms with Crippen LogP contribution >= 0.6 is 0 Å². The predicted molar refractivity (Wildman–Crippen MR) is 112 cm³/mol. The van der Waals surface area contributed by atoms with Crippen molar-refractivity contribution in [3.8, 4) is 0 Å². The lowest BCUT2D eigenvalue weighted by Gasteiger charge is -2.31. The number of nitrogens with zero attached hydrogens (tertiary/aromatic N) is 1. The molecule has 1 rings (SSSR count). The summed E-state index contributed by atoms with van der Waals surface area (Å²) < 4.78 is 0. The summed E-state index contributed by atoms with van der Waals surface area (Å²) >= 11 is 0.